The summed E-state index contributed by atoms with van der Waals surface area (Å²) in [6.07, 6.45) is 1.86. The normalized spacial score (nSPS) is 21.4. The van der Waals surface area contributed by atoms with Crippen LogP contribution in [0.15, 0.2) is 18.2 Å². The number of methoxy groups -OCH3 is 1. The van der Waals surface area contributed by atoms with Crippen LogP contribution in [0, 0.1) is 5.82 Å². The van der Waals surface area contributed by atoms with E-state index in [1.165, 1.54) is 25.3 Å². The van der Waals surface area contributed by atoms with Crippen molar-refractivity contribution in [1.29, 1.82) is 0 Å². The number of likely N-dealkylation sites (tertiary alicyclic amines) is 1. The van der Waals surface area contributed by atoms with Crippen molar-refractivity contribution >= 4 is 5.91 Å². The topological polar surface area (TPSA) is 42.0 Å². The first-order valence-electron chi connectivity index (χ1n) is 7.98. The van der Waals surface area contributed by atoms with Gasteiger partial charge in [-0.05, 0) is 38.1 Å². The first kappa shape index (κ1) is 16.2. The van der Waals surface area contributed by atoms with Gasteiger partial charge < -0.3 is 19.3 Å². The van der Waals surface area contributed by atoms with E-state index in [1.807, 2.05) is 4.90 Å². The molecule has 23 heavy (non-hydrogen) atoms. The van der Waals surface area contributed by atoms with Gasteiger partial charge >= 0.3 is 0 Å². The molecule has 0 bridgehead atoms. The number of nitrogens with zero attached hydrogens (tertiary/aromatic N) is 2. The van der Waals surface area contributed by atoms with E-state index in [4.69, 9.17) is 9.47 Å². The van der Waals surface area contributed by atoms with Crippen molar-refractivity contribution in [1.82, 2.24) is 9.80 Å². The molecule has 0 radical (unpaired) electrons. The Morgan fingerprint density at radius 3 is 2.74 bits per heavy atom. The van der Waals surface area contributed by atoms with Crippen LogP contribution in [0.2, 0.25) is 0 Å². The van der Waals surface area contributed by atoms with E-state index in [1.54, 1.807) is 0 Å². The van der Waals surface area contributed by atoms with Gasteiger partial charge in [-0.2, -0.15) is 0 Å². The number of amides is 1. The molecule has 2 aliphatic heterocycles. The maximum atomic E-state index is 13.5. The summed E-state index contributed by atoms with van der Waals surface area (Å²) in [7, 11) is 3.50. The molecular formula is C17H23FN2O3. The van der Waals surface area contributed by atoms with Gasteiger partial charge in [-0.25, -0.2) is 4.39 Å². The van der Waals surface area contributed by atoms with Crippen LogP contribution in [0.1, 0.15) is 23.2 Å². The molecule has 2 heterocycles. The summed E-state index contributed by atoms with van der Waals surface area (Å²) in [6, 6.07) is 4.25. The summed E-state index contributed by atoms with van der Waals surface area (Å²) < 4.78 is 24.5. The number of piperidine rings is 1. The Labute approximate surface area is 136 Å². The SMILES string of the molecule is COc1cc(C(=O)N2CCOC3(CCN(C)CC3)C2)ccc1F. The van der Waals surface area contributed by atoms with Crippen molar-refractivity contribution in [3.8, 4) is 5.75 Å². The molecule has 2 aliphatic rings. The van der Waals surface area contributed by atoms with Crippen LogP contribution >= 0.6 is 0 Å². The fourth-order valence-electron chi connectivity index (χ4n) is 3.32. The van der Waals surface area contributed by atoms with Crippen molar-refractivity contribution in [3.05, 3.63) is 29.6 Å². The van der Waals surface area contributed by atoms with Crippen molar-refractivity contribution in [3.63, 3.8) is 0 Å². The highest BCUT2D eigenvalue weighted by molar-refractivity contribution is 5.94. The van der Waals surface area contributed by atoms with Crippen LogP contribution in [-0.2, 0) is 4.74 Å². The molecular weight excluding hydrogens is 299 g/mol. The molecule has 1 aromatic rings. The molecule has 0 N–H and O–H groups in total. The van der Waals surface area contributed by atoms with Gasteiger partial charge in [0.2, 0.25) is 0 Å². The fourth-order valence-corrected chi connectivity index (χ4v) is 3.32. The smallest absolute Gasteiger partial charge is 0.254 e. The van der Waals surface area contributed by atoms with E-state index < -0.39 is 5.82 Å². The Bertz CT molecular complexity index is 585. The van der Waals surface area contributed by atoms with Crippen molar-refractivity contribution in [2.45, 2.75) is 18.4 Å². The number of hydrogen-bond donors (Lipinski definition) is 0. The molecule has 1 aromatic carbocycles. The van der Waals surface area contributed by atoms with Crippen LogP contribution in [-0.4, -0.2) is 68.3 Å². The molecule has 0 unspecified atom stereocenters. The zero-order chi connectivity index (χ0) is 16.4. The Hall–Kier alpha value is -1.66. The van der Waals surface area contributed by atoms with Gasteiger partial charge in [0.1, 0.15) is 0 Å². The molecule has 1 amide bonds. The zero-order valence-corrected chi connectivity index (χ0v) is 13.7. The van der Waals surface area contributed by atoms with E-state index in [0.29, 0.717) is 25.3 Å². The minimum atomic E-state index is -0.460. The van der Waals surface area contributed by atoms with Crippen LogP contribution in [0.3, 0.4) is 0 Å². The highest BCUT2D eigenvalue weighted by Crippen LogP contribution is 2.30. The van der Waals surface area contributed by atoms with Gasteiger partial charge in [0.05, 0.1) is 25.9 Å². The maximum absolute atomic E-state index is 13.5. The van der Waals surface area contributed by atoms with Crippen LogP contribution in [0.25, 0.3) is 0 Å². The van der Waals surface area contributed by atoms with Gasteiger partial charge in [0.15, 0.2) is 11.6 Å². The molecule has 6 heteroatoms. The number of morpholine rings is 1. The molecule has 126 valence electrons. The number of halogens is 1. The standard InChI is InChI=1S/C17H23FN2O3/c1-19-7-5-17(6-8-19)12-20(9-10-23-17)16(21)13-3-4-14(18)15(11-13)22-2/h3-4,11H,5-10,12H2,1-2H3. The number of carbonyl (C=O) groups is 1. The van der Waals surface area contributed by atoms with Crippen molar-refractivity contribution in [2.24, 2.45) is 0 Å². The van der Waals surface area contributed by atoms with E-state index in [2.05, 4.69) is 11.9 Å². The molecule has 0 saturated carbocycles. The Morgan fingerprint density at radius 1 is 1.30 bits per heavy atom. The van der Waals surface area contributed by atoms with E-state index in [9.17, 15) is 9.18 Å². The number of benzene rings is 1. The molecule has 0 aromatic heterocycles. The summed E-state index contributed by atoms with van der Waals surface area (Å²) in [4.78, 5) is 16.9. The van der Waals surface area contributed by atoms with Crippen LogP contribution in [0.4, 0.5) is 4.39 Å². The molecule has 2 fully saturated rings. The van der Waals surface area contributed by atoms with Crippen LogP contribution in [0.5, 0.6) is 5.75 Å². The molecule has 2 saturated heterocycles. The summed E-state index contributed by atoms with van der Waals surface area (Å²) in [5, 5.41) is 0. The lowest BCUT2D eigenvalue weighted by Crippen LogP contribution is -2.57. The predicted octanol–water partition coefficient (Wildman–Crippen LogP) is 1.77. The molecule has 0 atom stereocenters. The Balaban J connectivity index is 1.74. The van der Waals surface area contributed by atoms with Gasteiger partial charge in [-0.1, -0.05) is 0 Å². The third-order valence-corrected chi connectivity index (χ3v) is 4.83. The number of ether oxygens (including phenoxy) is 2. The summed E-state index contributed by atoms with van der Waals surface area (Å²) in [5.74, 6) is -0.458. The minimum Gasteiger partial charge on any atom is -0.494 e. The van der Waals surface area contributed by atoms with Gasteiger partial charge in [-0.3, -0.25) is 4.79 Å². The average Bonchev–Trinajstić information content (AvgIpc) is 2.58. The monoisotopic (exact) mass is 322 g/mol. The minimum absolute atomic E-state index is 0.0927. The largest absolute Gasteiger partial charge is 0.494 e. The summed E-state index contributed by atoms with van der Waals surface area (Å²) in [6.45, 7) is 3.67. The lowest BCUT2D eigenvalue weighted by Gasteiger charge is -2.46. The second-order valence-corrected chi connectivity index (χ2v) is 6.41. The van der Waals surface area contributed by atoms with Crippen LogP contribution < -0.4 is 4.74 Å². The lowest BCUT2D eigenvalue weighted by molar-refractivity contribution is -0.125. The second kappa shape index (κ2) is 6.45. The third kappa shape index (κ3) is 3.33. The third-order valence-electron chi connectivity index (χ3n) is 4.83. The molecule has 1 spiro atoms. The highest BCUT2D eigenvalue weighted by Gasteiger charge is 2.40. The van der Waals surface area contributed by atoms with Gasteiger partial charge in [-0.15, -0.1) is 0 Å². The Kier molecular flexibility index (Phi) is 4.55. The lowest BCUT2D eigenvalue weighted by atomic mass is 9.89. The first-order valence-corrected chi connectivity index (χ1v) is 7.98. The van der Waals surface area contributed by atoms with Gasteiger partial charge in [0.25, 0.3) is 5.91 Å². The quantitative estimate of drug-likeness (QED) is 0.832. The predicted molar refractivity (Wildman–Crippen MR) is 84.3 cm³/mol. The van der Waals surface area contributed by atoms with E-state index in [0.717, 1.165) is 25.9 Å². The molecule has 0 aliphatic carbocycles. The summed E-state index contributed by atoms with van der Waals surface area (Å²) >= 11 is 0. The maximum Gasteiger partial charge on any atom is 0.254 e. The highest BCUT2D eigenvalue weighted by atomic mass is 19.1. The van der Waals surface area contributed by atoms with E-state index in [-0.39, 0.29) is 17.3 Å². The number of carbonyl (C=O) groups excluding carboxylic acids is 1. The fraction of sp³-hybridized carbons (Fsp3) is 0.588. The Morgan fingerprint density at radius 2 is 2.04 bits per heavy atom. The summed E-state index contributed by atoms with van der Waals surface area (Å²) in [5.41, 5.74) is 0.220. The van der Waals surface area contributed by atoms with E-state index >= 15 is 0 Å². The first-order chi connectivity index (χ1) is 11.0. The van der Waals surface area contributed by atoms with Crippen molar-refractivity contribution < 1.29 is 18.7 Å². The average molecular weight is 322 g/mol. The molecule has 5 nitrogen and oxygen atoms in total. The zero-order valence-electron chi connectivity index (χ0n) is 13.7. The van der Waals surface area contributed by atoms with Crippen molar-refractivity contribution in [2.75, 3.05) is 46.9 Å². The number of hydrogen-bond acceptors (Lipinski definition) is 4. The number of rotatable bonds is 2. The second-order valence-electron chi connectivity index (χ2n) is 6.41. The van der Waals surface area contributed by atoms with Gasteiger partial charge in [0, 0.05) is 25.2 Å². The molecule has 3 rings (SSSR count).